The van der Waals surface area contributed by atoms with Crippen LogP contribution in [0.5, 0.6) is 0 Å². The number of hydrogen-bond donors (Lipinski definition) is 2. The first-order chi connectivity index (χ1) is 13.1. The second-order valence-electron chi connectivity index (χ2n) is 6.94. The fourth-order valence-corrected chi connectivity index (χ4v) is 4.96. The van der Waals surface area contributed by atoms with Crippen molar-refractivity contribution in [1.82, 2.24) is 10.6 Å². The maximum atomic E-state index is 12.5. The number of amides is 2. The highest BCUT2D eigenvalue weighted by atomic mass is 32.2. The number of ether oxygens (including phenoxy) is 1. The lowest BCUT2D eigenvalue weighted by atomic mass is 9.94. The van der Waals surface area contributed by atoms with E-state index in [0.717, 1.165) is 5.56 Å². The summed E-state index contributed by atoms with van der Waals surface area (Å²) in [6, 6.07) is 7.43. The standard InChI is InChI=1S/C21H28N2O3S/c1-3-17-18(20(24)26-4-2)19(23-21(25)22-17)14-10-12-16(13-11-14)27-15-8-6-5-7-9-15/h10-13,15,19H,3-9H2,1-2H3,(H2,22,23,25). The summed E-state index contributed by atoms with van der Waals surface area (Å²) in [5, 5.41) is 6.32. The van der Waals surface area contributed by atoms with Gasteiger partial charge in [0.25, 0.3) is 0 Å². The third-order valence-corrected chi connectivity index (χ3v) is 6.42. The lowest BCUT2D eigenvalue weighted by Crippen LogP contribution is -2.45. The second kappa shape index (κ2) is 9.31. The van der Waals surface area contributed by atoms with E-state index >= 15 is 0 Å². The molecule has 0 aromatic heterocycles. The summed E-state index contributed by atoms with van der Waals surface area (Å²) in [5.41, 5.74) is 2.02. The molecule has 0 bridgehead atoms. The zero-order valence-electron chi connectivity index (χ0n) is 16.0. The zero-order valence-corrected chi connectivity index (χ0v) is 16.9. The molecular formula is C21H28N2O3S. The molecule has 2 amide bonds. The maximum absolute atomic E-state index is 12.5. The van der Waals surface area contributed by atoms with Crippen LogP contribution in [0.25, 0.3) is 0 Å². The lowest BCUT2D eigenvalue weighted by Gasteiger charge is -2.29. The van der Waals surface area contributed by atoms with Gasteiger partial charge >= 0.3 is 12.0 Å². The second-order valence-corrected chi connectivity index (χ2v) is 8.32. The van der Waals surface area contributed by atoms with Crippen molar-refractivity contribution in [2.24, 2.45) is 0 Å². The van der Waals surface area contributed by atoms with Crippen LogP contribution in [0.4, 0.5) is 4.79 Å². The van der Waals surface area contributed by atoms with E-state index < -0.39 is 6.04 Å². The number of carbonyl (C=O) groups excluding carboxylic acids is 2. The molecule has 6 heteroatoms. The molecule has 0 spiro atoms. The molecule has 1 aliphatic heterocycles. The predicted molar refractivity (Wildman–Crippen MR) is 108 cm³/mol. The summed E-state index contributed by atoms with van der Waals surface area (Å²) < 4.78 is 5.23. The van der Waals surface area contributed by atoms with Crippen molar-refractivity contribution in [3.05, 3.63) is 41.1 Å². The minimum atomic E-state index is -0.485. The van der Waals surface area contributed by atoms with Crippen LogP contribution in [0, 0.1) is 0 Å². The Morgan fingerprint density at radius 1 is 1.15 bits per heavy atom. The number of nitrogens with one attached hydrogen (secondary N) is 2. The van der Waals surface area contributed by atoms with E-state index in [4.69, 9.17) is 4.74 Å². The van der Waals surface area contributed by atoms with Crippen LogP contribution in [0.2, 0.25) is 0 Å². The van der Waals surface area contributed by atoms with Gasteiger partial charge in [-0.3, -0.25) is 0 Å². The number of allylic oxidation sites excluding steroid dienone is 1. The highest BCUT2D eigenvalue weighted by molar-refractivity contribution is 8.00. The molecule has 1 fully saturated rings. The molecule has 5 nitrogen and oxygen atoms in total. The molecule has 1 unspecified atom stereocenters. The summed E-state index contributed by atoms with van der Waals surface area (Å²) in [6.45, 7) is 4.00. The summed E-state index contributed by atoms with van der Waals surface area (Å²) in [6.07, 6.45) is 7.13. The Morgan fingerprint density at radius 3 is 2.48 bits per heavy atom. The molecule has 146 valence electrons. The van der Waals surface area contributed by atoms with Crippen LogP contribution >= 0.6 is 11.8 Å². The third-order valence-electron chi connectivity index (χ3n) is 5.07. The average Bonchev–Trinajstić information content (AvgIpc) is 2.68. The monoisotopic (exact) mass is 388 g/mol. The first-order valence-corrected chi connectivity index (χ1v) is 10.7. The fourth-order valence-electron chi connectivity index (χ4n) is 3.71. The van der Waals surface area contributed by atoms with Gasteiger partial charge < -0.3 is 15.4 Å². The Kier molecular flexibility index (Phi) is 6.83. The Bertz CT molecular complexity index is 709. The summed E-state index contributed by atoms with van der Waals surface area (Å²) in [7, 11) is 0. The topological polar surface area (TPSA) is 67.4 Å². The minimum Gasteiger partial charge on any atom is -0.463 e. The van der Waals surface area contributed by atoms with Gasteiger partial charge in [0.2, 0.25) is 0 Å². The van der Waals surface area contributed by atoms with Gasteiger partial charge in [0.15, 0.2) is 0 Å². The van der Waals surface area contributed by atoms with Crippen molar-refractivity contribution >= 4 is 23.8 Å². The van der Waals surface area contributed by atoms with E-state index in [1.54, 1.807) is 6.92 Å². The number of urea groups is 1. The first kappa shape index (κ1) is 19.8. The number of hydrogen-bond acceptors (Lipinski definition) is 4. The van der Waals surface area contributed by atoms with Crippen LogP contribution in [0.15, 0.2) is 40.4 Å². The largest absolute Gasteiger partial charge is 0.463 e. The Labute approximate surface area is 165 Å². The molecule has 0 radical (unpaired) electrons. The molecule has 1 aliphatic carbocycles. The van der Waals surface area contributed by atoms with Gasteiger partial charge in [0.05, 0.1) is 18.2 Å². The molecule has 2 N–H and O–H groups in total. The molecule has 1 aromatic rings. The highest BCUT2D eigenvalue weighted by Crippen LogP contribution is 2.35. The lowest BCUT2D eigenvalue weighted by molar-refractivity contribution is -0.139. The SMILES string of the molecule is CCOC(=O)C1=C(CC)NC(=O)NC1c1ccc(SC2CCCCC2)cc1. The van der Waals surface area contributed by atoms with Gasteiger partial charge in [-0.15, -0.1) is 11.8 Å². The fraction of sp³-hybridized carbons (Fsp3) is 0.524. The van der Waals surface area contributed by atoms with E-state index in [1.165, 1.54) is 37.0 Å². The van der Waals surface area contributed by atoms with Crippen molar-refractivity contribution in [3.63, 3.8) is 0 Å². The molecule has 27 heavy (non-hydrogen) atoms. The molecule has 0 saturated heterocycles. The van der Waals surface area contributed by atoms with Gasteiger partial charge in [-0.2, -0.15) is 0 Å². The van der Waals surface area contributed by atoms with Crippen LogP contribution in [0.3, 0.4) is 0 Å². The summed E-state index contributed by atoms with van der Waals surface area (Å²) in [4.78, 5) is 25.8. The van der Waals surface area contributed by atoms with Crippen LogP contribution in [0.1, 0.15) is 64.0 Å². The molecule has 1 heterocycles. The summed E-state index contributed by atoms with van der Waals surface area (Å²) >= 11 is 1.94. The van der Waals surface area contributed by atoms with Crippen molar-refractivity contribution in [3.8, 4) is 0 Å². The van der Waals surface area contributed by atoms with Gasteiger partial charge in [0.1, 0.15) is 0 Å². The Morgan fingerprint density at radius 2 is 1.85 bits per heavy atom. The van der Waals surface area contributed by atoms with Crippen molar-refractivity contribution < 1.29 is 14.3 Å². The van der Waals surface area contributed by atoms with Crippen LogP contribution in [-0.2, 0) is 9.53 Å². The van der Waals surface area contributed by atoms with E-state index in [9.17, 15) is 9.59 Å². The number of esters is 1. The van der Waals surface area contributed by atoms with Gasteiger partial charge in [-0.25, -0.2) is 9.59 Å². The number of benzene rings is 1. The molecular weight excluding hydrogens is 360 g/mol. The van der Waals surface area contributed by atoms with Crippen molar-refractivity contribution in [1.29, 1.82) is 0 Å². The smallest absolute Gasteiger partial charge is 0.338 e. The third kappa shape index (κ3) is 4.86. The van der Waals surface area contributed by atoms with Crippen LogP contribution < -0.4 is 10.6 Å². The highest BCUT2D eigenvalue weighted by Gasteiger charge is 2.33. The predicted octanol–water partition coefficient (Wildman–Crippen LogP) is 4.69. The zero-order chi connectivity index (χ0) is 19.2. The van der Waals surface area contributed by atoms with Gasteiger partial charge in [0, 0.05) is 15.8 Å². The maximum Gasteiger partial charge on any atom is 0.338 e. The molecule has 2 aliphatic rings. The molecule has 1 saturated carbocycles. The first-order valence-electron chi connectivity index (χ1n) is 9.86. The Balaban J connectivity index is 1.81. The van der Waals surface area contributed by atoms with Crippen LogP contribution in [-0.4, -0.2) is 23.9 Å². The quantitative estimate of drug-likeness (QED) is 0.694. The number of rotatable bonds is 6. The molecule has 1 atom stereocenters. The normalized spacial score (nSPS) is 20.8. The van der Waals surface area contributed by atoms with E-state index in [-0.39, 0.29) is 12.0 Å². The molecule has 1 aromatic carbocycles. The summed E-state index contributed by atoms with van der Waals surface area (Å²) in [5.74, 6) is -0.382. The minimum absolute atomic E-state index is 0.287. The van der Waals surface area contributed by atoms with E-state index in [0.29, 0.717) is 29.5 Å². The van der Waals surface area contributed by atoms with Crippen molar-refractivity contribution in [2.45, 2.75) is 68.6 Å². The number of carbonyl (C=O) groups is 2. The van der Waals surface area contributed by atoms with Crippen molar-refractivity contribution in [2.75, 3.05) is 6.61 Å². The molecule has 3 rings (SSSR count). The van der Waals surface area contributed by atoms with E-state index in [2.05, 4.69) is 22.8 Å². The number of thioether (sulfide) groups is 1. The van der Waals surface area contributed by atoms with Gasteiger partial charge in [-0.1, -0.05) is 38.3 Å². The Hall–Kier alpha value is -1.95. The van der Waals surface area contributed by atoms with Gasteiger partial charge in [-0.05, 0) is 43.9 Å². The van der Waals surface area contributed by atoms with E-state index in [1.807, 2.05) is 30.8 Å². The average molecular weight is 389 g/mol.